The molecule has 0 saturated heterocycles. The van der Waals surface area contributed by atoms with Crippen molar-refractivity contribution in [3.05, 3.63) is 0 Å². The molecule has 0 radical (unpaired) electrons. The Balaban J connectivity index is 3.41. The Kier molecular flexibility index (Phi) is 8.81. The van der Waals surface area contributed by atoms with Crippen LogP contribution in [0.2, 0.25) is 0 Å². The maximum Gasteiger partial charge on any atom is 0.304 e. The second kappa shape index (κ2) is 8.72. The fourth-order valence-corrected chi connectivity index (χ4v) is 2.69. The summed E-state index contributed by atoms with van der Waals surface area (Å²) in [5, 5.41) is 0. The molecule has 80 valence electrons. The second-order valence-electron chi connectivity index (χ2n) is 3.33. The molecule has 0 bridgehead atoms. The predicted molar refractivity (Wildman–Crippen MR) is 59.5 cm³/mol. The van der Waals surface area contributed by atoms with E-state index in [1.165, 1.54) is 0 Å². The highest BCUT2D eigenvalue weighted by Gasteiger charge is 2.06. The van der Waals surface area contributed by atoms with Gasteiger partial charge >= 0.3 is 10.0 Å². The van der Waals surface area contributed by atoms with Crippen LogP contribution in [-0.4, -0.2) is 22.2 Å². The summed E-state index contributed by atoms with van der Waals surface area (Å²) in [5.74, 6) is 0. The van der Waals surface area contributed by atoms with Gasteiger partial charge in [-0.05, 0) is 25.7 Å². The number of hydrogen-bond acceptors (Lipinski definition) is 2. The van der Waals surface area contributed by atoms with Gasteiger partial charge in [-0.1, -0.05) is 27.7 Å². The van der Waals surface area contributed by atoms with Gasteiger partial charge in [0.25, 0.3) is 0 Å². The summed E-state index contributed by atoms with van der Waals surface area (Å²) >= 11 is 0. The van der Waals surface area contributed by atoms with Crippen LogP contribution in [0.3, 0.4) is 0 Å². The van der Waals surface area contributed by atoms with Crippen LogP contribution in [0.25, 0.3) is 0 Å². The molecule has 0 N–H and O–H groups in total. The molecule has 2 nitrogen and oxygen atoms in total. The molecule has 0 atom stereocenters. The summed E-state index contributed by atoms with van der Waals surface area (Å²) in [6.07, 6.45) is 5.29. The quantitative estimate of drug-likeness (QED) is 0.565. The molecule has 0 aliphatic carbocycles. The van der Waals surface area contributed by atoms with Crippen LogP contribution in [-0.2, 0) is 8.85 Å². The Bertz CT molecular complexity index is 89.1. The van der Waals surface area contributed by atoms with E-state index in [1.54, 1.807) is 0 Å². The highest BCUT2D eigenvalue weighted by atomic mass is 28.3. The van der Waals surface area contributed by atoms with Crippen molar-refractivity contribution in [2.24, 2.45) is 0 Å². The first-order chi connectivity index (χ1) is 6.28. The van der Waals surface area contributed by atoms with Gasteiger partial charge in [-0.2, -0.15) is 0 Å². The van der Waals surface area contributed by atoms with E-state index < -0.39 is 10.0 Å². The maximum atomic E-state index is 5.69. The van der Waals surface area contributed by atoms with Crippen molar-refractivity contribution in [1.82, 2.24) is 0 Å². The Morgan fingerprint density at radius 3 is 1.31 bits per heavy atom. The van der Waals surface area contributed by atoms with Crippen molar-refractivity contribution >= 4 is 10.0 Å². The van der Waals surface area contributed by atoms with Crippen molar-refractivity contribution in [1.29, 1.82) is 0 Å². The van der Waals surface area contributed by atoms with Crippen molar-refractivity contribution in [2.75, 3.05) is 0 Å². The molecular weight excluding hydrogens is 180 g/mol. The van der Waals surface area contributed by atoms with Crippen LogP contribution in [0.15, 0.2) is 0 Å². The summed E-state index contributed by atoms with van der Waals surface area (Å²) in [6, 6.07) is 0. The van der Waals surface area contributed by atoms with Crippen LogP contribution in [0.4, 0.5) is 0 Å². The summed E-state index contributed by atoms with van der Waals surface area (Å²) in [6.45, 7) is 8.67. The van der Waals surface area contributed by atoms with E-state index in [1.807, 2.05) is 0 Å². The van der Waals surface area contributed by atoms with Crippen LogP contribution in [0, 0.1) is 0 Å². The SMILES string of the molecule is CCC(CC)O[SiH2]OC(CC)CC. The number of rotatable bonds is 8. The highest BCUT2D eigenvalue weighted by Crippen LogP contribution is 2.05. The van der Waals surface area contributed by atoms with Gasteiger partial charge in [-0.25, -0.2) is 0 Å². The lowest BCUT2D eigenvalue weighted by Crippen LogP contribution is -2.20. The van der Waals surface area contributed by atoms with E-state index in [0.29, 0.717) is 12.2 Å². The maximum absolute atomic E-state index is 5.69. The first-order valence-electron chi connectivity index (χ1n) is 5.51. The lowest BCUT2D eigenvalue weighted by molar-refractivity contribution is 0.110. The highest BCUT2D eigenvalue weighted by molar-refractivity contribution is 6.18. The lowest BCUT2D eigenvalue weighted by Gasteiger charge is -2.18. The van der Waals surface area contributed by atoms with Gasteiger partial charge < -0.3 is 8.85 Å². The molecule has 3 heteroatoms. The summed E-state index contributed by atoms with van der Waals surface area (Å²) in [7, 11) is -0.728. The molecule has 0 heterocycles. The monoisotopic (exact) mass is 204 g/mol. The van der Waals surface area contributed by atoms with E-state index >= 15 is 0 Å². The van der Waals surface area contributed by atoms with Gasteiger partial charge in [0, 0.05) is 12.2 Å². The first-order valence-corrected chi connectivity index (χ1v) is 6.66. The summed E-state index contributed by atoms with van der Waals surface area (Å²) in [4.78, 5) is 0. The summed E-state index contributed by atoms with van der Waals surface area (Å²) in [5.41, 5.74) is 0. The molecule has 0 aromatic rings. The van der Waals surface area contributed by atoms with Gasteiger partial charge in [0.15, 0.2) is 0 Å². The molecule has 0 spiro atoms. The van der Waals surface area contributed by atoms with E-state index in [2.05, 4.69) is 27.7 Å². The molecule has 0 aromatic heterocycles. The minimum Gasteiger partial charge on any atom is -0.396 e. The zero-order chi connectivity index (χ0) is 10.1. The zero-order valence-corrected chi connectivity index (χ0v) is 10.9. The molecule has 0 unspecified atom stereocenters. The Morgan fingerprint density at radius 1 is 0.769 bits per heavy atom. The number of hydrogen-bond donors (Lipinski definition) is 0. The molecule has 0 aliphatic rings. The van der Waals surface area contributed by atoms with Crippen LogP contribution in [0.5, 0.6) is 0 Å². The van der Waals surface area contributed by atoms with Crippen LogP contribution in [0.1, 0.15) is 53.4 Å². The Morgan fingerprint density at radius 2 is 1.08 bits per heavy atom. The van der Waals surface area contributed by atoms with Gasteiger partial charge in [0.1, 0.15) is 0 Å². The predicted octanol–water partition coefficient (Wildman–Crippen LogP) is 2.40. The zero-order valence-electron chi connectivity index (χ0n) is 9.51. The smallest absolute Gasteiger partial charge is 0.304 e. The van der Waals surface area contributed by atoms with Gasteiger partial charge in [0.05, 0.1) is 0 Å². The van der Waals surface area contributed by atoms with Crippen molar-refractivity contribution in [3.8, 4) is 0 Å². The molecule has 0 amide bonds. The fraction of sp³-hybridized carbons (Fsp3) is 1.00. The minimum absolute atomic E-state index is 0.432. The molecule has 0 fully saturated rings. The standard InChI is InChI=1S/C10H24O2Si/c1-5-9(6-2)11-13-12-10(7-3)8-4/h9-10H,5-8,13H2,1-4H3. The third kappa shape index (κ3) is 6.24. The normalized spacial score (nSPS) is 11.5. The van der Waals surface area contributed by atoms with E-state index in [9.17, 15) is 0 Å². The summed E-state index contributed by atoms with van der Waals surface area (Å²) < 4.78 is 11.4. The van der Waals surface area contributed by atoms with Crippen LogP contribution >= 0.6 is 0 Å². The largest absolute Gasteiger partial charge is 0.396 e. The Labute approximate surface area is 85.1 Å². The van der Waals surface area contributed by atoms with Gasteiger partial charge in [-0.3, -0.25) is 0 Å². The third-order valence-corrected chi connectivity index (χ3v) is 3.64. The van der Waals surface area contributed by atoms with Crippen LogP contribution < -0.4 is 0 Å². The molecule has 0 aliphatic heterocycles. The molecular formula is C10H24O2Si. The molecule has 13 heavy (non-hydrogen) atoms. The third-order valence-electron chi connectivity index (χ3n) is 2.43. The first kappa shape index (κ1) is 13.1. The van der Waals surface area contributed by atoms with Crippen molar-refractivity contribution < 1.29 is 8.85 Å². The van der Waals surface area contributed by atoms with Crippen molar-refractivity contribution in [2.45, 2.75) is 65.6 Å². The Hall–Kier alpha value is 0.137. The fourth-order valence-electron chi connectivity index (χ4n) is 1.28. The van der Waals surface area contributed by atoms with E-state index in [0.717, 1.165) is 25.7 Å². The van der Waals surface area contributed by atoms with E-state index in [4.69, 9.17) is 8.85 Å². The van der Waals surface area contributed by atoms with Gasteiger partial charge in [0.2, 0.25) is 0 Å². The minimum atomic E-state index is -0.728. The second-order valence-corrected chi connectivity index (χ2v) is 4.23. The molecule has 0 saturated carbocycles. The van der Waals surface area contributed by atoms with E-state index in [-0.39, 0.29) is 0 Å². The molecule has 0 aromatic carbocycles. The topological polar surface area (TPSA) is 18.5 Å². The average molecular weight is 204 g/mol. The van der Waals surface area contributed by atoms with Crippen molar-refractivity contribution in [3.63, 3.8) is 0 Å². The molecule has 0 rings (SSSR count). The average Bonchev–Trinajstić information content (AvgIpc) is 2.19. The van der Waals surface area contributed by atoms with Gasteiger partial charge in [-0.15, -0.1) is 0 Å². The lowest BCUT2D eigenvalue weighted by atomic mass is 10.2.